The predicted molar refractivity (Wildman–Crippen MR) is 28.9 cm³/mol. The molecule has 1 unspecified atom stereocenters. The van der Waals surface area contributed by atoms with Crippen molar-refractivity contribution in [1.29, 1.82) is 0 Å². The molecule has 1 N–H and O–H groups in total. The van der Waals surface area contributed by atoms with Crippen molar-refractivity contribution in [3.8, 4) is 0 Å². The fourth-order valence-corrected chi connectivity index (χ4v) is 0.749. The highest BCUT2D eigenvalue weighted by Gasteiger charge is 2.15. The third-order valence-corrected chi connectivity index (χ3v) is 1.18. The van der Waals surface area contributed by atoms with E-state index in [1.54, 1.807) is 0 Å². The first kappa shape index (κ1) is 4.62. The minimum atomic E-state index is 0. The Balaban J connectivity index is 0.000000490. The minimum Gasteiger partial charge on any atom is -0.356 e. The number of nitrogens with one attached hydrogen (secondary N) is 1. The summed E-state index contributed by atoms with van der Waals surface area (Å²) < 4.78 is 0. The molecule has 1 atom stereocenters. The van der Waals surface area contributed by atoms with Crippen LogP contribution in [0.5, 0.6) is 0 Å². The van der Waals surface area contributed by atoms with E-state index < -0.39 is 0 Å². The van der Waals surface area contributed by atoms with Crippen LogP contribution in [0, 0.1) is 5.92 Å². The zero-order chi connectivity index (χ0) is 5.28. The van der Waals surface area contributed by atoms with Gasteiger partial charge < -0.3 is 5.32 Å². The average molecular weight is 101 g/mol. The van der Waals surface area contributed by atoms with Crippen LogP contribution in [0.3, 0.4) is 0 Å². The molecule has 1 heterocycles. The van der Waals surface area contributed by atoms with Crippen LogP contribution in [-0.2, 0) is 4.79 Å². The topological polar surface area (TPSA) is 29.1 Å². The molecule has 7 heavy (non-hydrogen) atoms. The third-order valence-electron chi connectivity index (χ3n) is 1.18. The van der Waals surface area contributed by atoms with E-state index in [4.69, 9.17) is 0 Å². The lowest BCUT2D eigenvalue weighted by molar-refractivity contribution is -0.119. The fraction of sp³-hybridized carbons (Fsp3) is 0.800. The summed E-state index contributed by atoms with van der Waals surface area (Å²) in [6.45, 7) is 2.94. The summed E-state index contributed by atoms with van der Waals surface area (Å²) >= 11 is 0. The number of hydrogen-bond donors (Lipinski definition) is 1. The molecule has 1 fully saturated rings. The number of hydrogen-bond acceptors (Lipinski definition) is 1. The molecule has 2 heteroatoms. The Hall–Kier alpha value is -0.530. The van der Waals surface area contributed by atoms with Gasteiger partial charge in [0.2, 0.25) is 5.91 Å². The molecule has 1 aliphatic heterocycles. The van der Waals surface area contributed by atoms with Crippen molar-refractivity contribution in [3.05, 3.63) is 0 Å². The van der Waals surface area contributed by atoms with Gasteiger partial charge in [0.25, 0.3) is 0 Å². The summed E-state index contributed by atoms with van der Waals surface area (Å²) in [4.78, 5) is 10.3. The van der Waals surface area contributed by atoms with Gasteiger partial charge in [-0.15, -0.1) is 0 Å². The molecule has 2 nitrogen and oxygen atoms in total. The lowest BCUT2D eigenvalue weighted by Gasteiger charge is -1.88. The lowest BCUT2D eigenvalue weighted by Crippen LogP contribution is -2.13. The second kappa shape index (κ2) is 1.52. The van der Waals surface area contributed by atoms with E-state index in [0.717, 1.165) is 13.0 Å². The Kier molecular flexibility index (Phi) is 1.01. The molecule has 1 aliphatic rings. The quantitative estimate of drug-likeness (QED) is 0.470. The van der Waals surface area contributed by atoms with E-state index >= 15 is 0 Å². The molecule has 1 saturated heterocycles. The SMILES string of the molecule is CC1CNC(=O)C1.[HH]. The summed E-state index contributed by atoms with van der Waals surface area (Å²) in [5, 5.41) is 2.73. The van der Waals surface area contributed by atoms with E-state index in [1.165, 1.54) is 0 Å². The largest absolute Gasteiger partial charge is 0.356 e. The van der Waals surface area contributed by atoms with E-state index in [-0.39, 0.29) is 7.33 Å². The summed E-state index contributed by atoms with van der Waals surface area (Å²) in [7, 11) is 0. The van der Waals surface area contributed by atoms with Gasteiger partial charge in [0, 0.05) is 14.4 Å². The molecule has 1 rings (SSSR count). The first-order valence-electron chi connectivity index (χ1n) is 2.56. The molecule has 0 spiro atoms. The minimum absolute atomic E-state index is 0. The summed E-state index contributed by atoms with van der Waals surface area (Å²) in [5.74, 6) is 0.764. The molecule has 1 amide bonds. The molecule has 0 bridgehead atoms. The Morgan fingerprint density at radius 3 is 2.86 bits per heavy atom. The second-order valence-corrected chi connectivity index (χ2v) is 2.11. The maximum absolute atomic E-state index is 10.3. The van der Waals surface area contributed by atoms with Gasteiger partial charge in [-0.2, -0.15) is 0 Å². The van der Waals surface area contributed by atoms with Gasteiger partial charge in [0.1, 0.15) is 0 Å². The monoisotopic (exact) mass is 101 g/mol. The molecule has 0 saturated carbocycles. The number of rotatable bonds is 0. The summed E-state index contributed by atoms with van der Waals surface area (Å²) in [5.41, 5.74) is 0. The normalized spacial score (nSPS) is 30.4. The van der Waals surface area contributed by atoms with Crippen LogP contribution in [0.1, 0.15) is 14.8 Å². The molecule has 0 aromatic carbocycles. The Morgan fingerprint density at radius 1 is 2.00 bits per heavy atom. The van der Waals surface area contributed by atoms with Crippen molar-refractivity contribution in [2.75, 3.05) is 6.54 Å². The first-order chi connectivity index (χ1) is 3.29. The van der Waals surface area contributed by atoms with Crippen molar-refractivity contribution < 1.29 is 6.22 Å². The average Bonchev–Trinajstić information content (AvgIpc) is 1.87. The molecular formula is C5H11NO. The summed E-state index contributed by atoms with van der Waals surface area (Å²) in [6.07, 6.45) is 0.722. The van der Waals surface area contributed by atoms with E-state index in [0.29, 0.717) is 5.92 Å². The zero-order valence-electron chi connectivity index (χ0n) is 4.40. The third kappa shape index (κ3) is 0.918. The Labute approximate surface area is 44.4 Å². The zero-order valence-corrected chi connectivity index (χ0v) is 4.40. The van der Waals surface area contributed by atoms with Gasteiger partial charge in [-0.25, -0.2) is 0 Å². The van der Waals surface area contributed by atoms with E-state index in [9.17, 15) is 4.79 Å². The Morgan fingerprint density at radius 2 is 2.71 bits per heavy atom. The lowest BCUT2D eigenvalue weighted by atomic mass is 10.2. The van der Waals surface area contributed by atoms with Gasteiger partial charge in [-0.1, -0.05) is 6.92 Å². The van der Waals surface area contributed by atoms with Gasteiger partial charge in [0.15, 0.2) is 0 Å². The van der Waals surface area contributed by atoms with Gasteiger partial charge >= 0.3 is 0 Å². The van der Waals surface area contributed by atoms with Crippen LogP contribution in [-0.4, -0.2) is 12.5 Å². The van der Waals surface area contributed by atoms with Gasteiger partial charge in [-0.05, 0) is 5.92 Å². The molecule has 0 aliphatic carbocycles. The van der Waals surface area contributed by atoms with E-state index in [2.05, 4.69) is 12.2 Å². The maximum atomic E-state index is 10.3. The van der Waals surface area contributed by atoms with Crippen LogP contribution in [0.25, 0.3) is 0 Å². The summed E-state index contributed by atoms with van der Waals surface area (Å²) in [6, 6.07) is 0. The molecule has 0 aromatic heterocycles. The smallest absolute Gasteiger partial charge is 0.220 e. The molecule has 0 radical (unpaired) electrons. The van der Waals surface area contributed by atoms with Crippen LogP contribution in [0.15, 0.2) is 0 Å². The highest BCUT2D eigenvalue weighted by Crippen LogP contribution is 2.05. The van der Waals surface area contributed by atoms with Crippen LogP contribution < -0.4 is 5.32 Å². The fourth-order valence-electron chi connectivity index (χ4n) is 0.749. The maximum Gasteiger partial charge on any atom is 0.220 e. The second-order valence-electron chi connectivity index (χ2n) is 2.11. The molecule has 0 aromatic rings. The van der Waals surface area contributed by atoms with Crippen molar-refractivity contribution in [1.82, 2.24) is 5.32 Å². The highest BCUT2D eigenvalue weighted by atomic mass is 16.1. The number of amides is 1. The van der Waals surface area contributed by atoms with Crippen molar-refractivity contribution in [2.24, 2.45) is 5.92 Å². The number of carbonyl (C=O) groups excluding carboxylic acids is 1. The van der Waals surface area contributed by atoms with Crippen LogP contribution >= 0.6 is 0 Å². The standard InChI is InChI=1S/C5H9NO.H2/c1-4-2-5(7)6-3-4;/h4H,2-3H2,1H3,(H,6,7);1H. The van der Waals surface area contributed by atoms with Gasteiger partial charge in [0.05, 0.1) is 0 Å². The number of carbonyl (C=O) groups is 1. The van der Waals surface area contributed by atoms with Crippen LogP contribution in [0.2, 0.25) is 0 Å². The van der Waals surface area contributed by atoms with Gasteiger partial charge in [-0.3, -0.25) is 4.79 Å². The van der Waals surface area contributed by atoms with Crippen molar-refractivity contribution >= 4 is 5.91 Å². The van der Waals surface area contributed by atoms with Crippen molar-refractivity contribution in [2.45, 2.75) is 13.3 Å². The van der Waals surface area contributed by atoms with E-state index in [1.807, 2.05) is 0 Å². The van der Waals surface area contributed by atoms with Crippen LogP contribution in [0.4, 0.5) is 0 Å². The highest BCUT2D eigenvalue weighted by molar-refractivity contribution is 5.78. The molecular weight excluding hydrogens is 90.1 g/mol. The first-order valence-corrected chi connectivity index (χ1v) is 2.56. The Bertz CT molecular complexity index is 94.4. The molecule has 42 valence electrons. The predicted octanol–water partition coefficient (Wildman–Crippen LogP) is 0.388. The van der Waals surface area contributed by atoms with Crippen molar-refractivity contribution in [3.63, 3.8) is 0 Å².